The maximum atomic E-state index is 2.40. The van der Waals surface area contributed by atoms with Crippen molar-refractivity contribution in [3.8, 4) is 0 Å². The molecule has 1 aliphatic rings. The van der Waals surface area contributed by atoms with Crippen LogP contribution in [0.1, 0.15) is 26.7 Å². The predicted molar refractivity (Wildman–Crippen MR) is 41.5 cm³/mol. The van der Waals surface area contributed by atoms with Crippen LogP contribution in [-0.2, 0) is 10.9 Å². The van der Waals surface area contributed by atoms with Gasteiger partial charge in [-0.3, -0.25) is 0 Å². The topological polar surface area (TPSA) is 0 Å². The van der Waals surface area contributed by atoms with Gasteiger partial charge >= 0.3 is 0 Å². The van der Waals surface area contributed by atoms with Gasteiger partial charge in [0.2, 0.25) is 0 Å². The minimum absolute atomic E-state index is 0.681. The fraction of sp³-hybridized carbons (Fsp3) is 1.00. The summed E-state index contributed by atoms with van der Waals surface area (Å²) < 4.78 is 0.681. The second-order valence-electron chi connectivity index (χ2n) is 3.20. The maximum Gasteiger partial charge on any atom is 0.122 e. The van der Waals surface area contributed by atoms with Crippen molar-refractivity contribution in [3.05, 3.63) is 0 Å². The molecule has 0 nitrogen and oxygen atoms in total. The van der Waals surface area contributed by atoms with E-state index in [2.05, 4.69) is 20.1 Å². The van der Waals surface area contributed by atoms with Gasteiger partial charge in [-0.2, -0.15) is 0 Å². The first-order valence-electron chi connectivity index (χ1n) is 3.25. The summed E-state index contributed by atoms with van der Waals surface area (Å²) in [5.41, 5.74) is 0. The zero-order valence-corrected chi connectivity index (χ0v) is 6.85. The average Bonchev–Trinajstić information content (AvgIpc) is 1.86. The Hall–Kier alpha value is 0.350. The lowest BCUT2D eigenvalue weighted by Crippen LogP contribution is -2.25. The van der Waals surface area contributed by atoms with Crippen molar-refractivity contribution in [2.75, 3.05) is 12.0 Å². The van der Waals surface area contributed by atoms with E-state index in [0.29, 0.717) is 15.6 Å². The maximum absolute atomic E-state index is 2.40. The van der Waals surface area contributed by atoms with Crippen molar-refractivity contribution in [1.82, 2.24) is 0 Å². The van der Waals surface area contributed by atoms with Crippen LogP contribution < -0.4 is 0 Å². The van der Waals surface area contributed by atoms with Gasteiger partial charge in [0.15, 0.2) is 0 Å². The summed E-state index contributed by atoms with van der Waals surface area (Å²) in [5.74, 6) is 1.48. The Morgan fingerprint density at radius 1 is 1.38 bits per heavy atom. The molecule has 48 valence electrons. The highest BCUT2D eigenvalue weighted by atomic mass is 32.2. The van der Waals surface area contributed by atoms with Gasteiger partial charge in [-0.1, -0.05) is 0 Å². The number of hydrogen-bond donors (Lipinski definition) is 0. The Balaban J connectivity index is 2.54. The molecule has 0 radical (unpaired) electrons. The summed E-state index contributed by atoms with van der Waals surface area (Å²) in [4.78, 5) is 0. The van der Waals surface area contributed by atoms with Gasteiger partial charge in [-0.25, -0.2) is 0 Å². The Kier molecular flexibility index (Phi) is 1.57. The molecule has 1 fully saturated rings. The summed E-state index contributed by atoms with van der Waals surface area (Å²) >= 11 is 0. The first kappa shape index (κ1) is 6.47. The minimum atomic E-state index is 0.681. The van der Waals surface area contributed by atoms with E-state index in [0.717, 1.165) is 0 Å². The molecule has 1 unspecified atom stereocenters. The van der Waals surface area contributed by atoms with Gasteiger partial charge in [0.1, 0.15) is 10.5 Å². The molecule has 0 aromatic carbocycles. The van der Waals surface area contributed by atoms with Crippen molar-refractivity contribution >= 4 is 10.9 Å². The first-order chi connectivity index (χ1) is 3.63. The van der Waals surface area contributed by atoms with E-state index in [-0.39, 0.29) is 0 Å². The molecule has 0 aliphatic carbocycles. The highest BCUT2D eigenvalue weighted by Gasteiger charge is 2.39. The molecule has 0 bridgehead atoms. The number of rotatable bonds is 0. The Morgan fingerprint density at radius 2 is 2.00 bits per heavy atom. The van der Waals surface area contributed by atoms with Crippen LogP contribution in [0.2, 0.25) is 0 Å². The Morgan fingerprint density at radius 3 is 2.12 bits per heavy atom. The number of hydrogen-bond acceptors (Lipinski definition) is 0. The molecule has 0 saturated carbocycles. The molecule has 8 heavy (non-hydrogen) atoms. The summed E-state index contributed by atoms with van der Waals surface area (Å²) in [5, 5.41) is 0. The molecular formula is C7H15S+. The molecule has 0 aromatic rings. The average molecular weight is 131 g/mol. The molecule has 0 amide bonds. The van der Waals surface area contributed by atoms with Gasteiger partial charge in [-0.05, 0) is 31.2 Å². The van der Waals surface area contributed by atoms with Crippen LogP contribution in [0.5, 0.6) is 0 Å². The zero-order chi connectivity index (χ0) is 6.20. The highest BCUT2D eigenvalue weighted by Crippen LogP contribution is 2.30. The lowest BCUT2D eigenvalue weighted by Gasteiger charge is -2.12. The third-order valence-corrected chi connectivity index (χ3v) is 5.16. The quantitative estimate of drug-likeness (QED) is 0.440. The largest absolute Gasteiger partial charge is 0.122 e. The first-order valence-corrected chi connectivity index (χ1v) is 5.06. The third kappa shape index (κ3) is 1.02. The van der Waals surface area contributed by atoms with E-state index in [1.54, 1.807) is 0 Å². The molecule has 1 heteroatoms. The van der Waals surface area contributed by atoms with Crippen LogP contribution in [0.25, 0.3) is 0 Å². The lowest BCUT2D eigenvalue weighted by atomic mass is 10.1. The smallest absolute Gasteiger partial charge is 0.0144 e. The predicted octanol–water partition coefficient (Wildman–Crippen LogP) is 1.81. The third-order valence-electron chi connectivity index (χ3n) is 2.17. The van der Waals surface area contributed by atoms with E-state index >= 15 is 0 Å². The van der Waals surface area contributed by atoms with Crippen molar-refractivity contribution in [2.24, 2.45) is 0 Å². The monoisotopic (exact) mass is 131 g/mol. The second kappa shape index (κ2) is 1.94. The molecule has 1 aliphatic heterocycles. The van der Waals surface area contributed by atoms with E-state index in [1.165, 1.54) is 18.6 Å². The Bertz CT molecular complexity index is 86.4. The van der Waals surface area contributed by atoms with Gasteiger partial charge < -0.3 is 0 Å². The zero-order valence-electron chi connectivity index (χ0n) is 6.03. The van der Waals surface area contributed by atoms with Crippen molar-refractivity contribution < 1.29 is 0 Å². The van der Waals surface area contributed by atoms with Crippen molar-refractivity contribution in [1.29, 1.82) is 0 Å². The van der Waals surface area contributed by atoms with E-state index < -0.39 is 0 Å². The van der Waals surface area contributed by atoms with E-state index in [4.69, 9.17) is 0 Å². The lowest BCUT2D eigenvalue weighted by molar-refractivity contribution is 0.661. The van der Waals surface area contributed by atoms with Crippen molar-refractivity contribution in [3.63, 3.8) is 0 Å². The van der Waals surface area contributed by atoms with Gasteiger partial charge in [0.05, 0.1) is 6.26 Å². The fourth-order valence-electron chi connectivity index (χ4n) is 1.16. The van der Waals surface area contributed by atoms with E-state index in [1.807, 2.05) is 0 Å². The normalized spacial score (nSPS) is 35.6. The summed E-state index contributed by atoms with van der Waals surface area (Å²) in [6.07, 6.45) is 5.31. The Labute approximate surface area is 55.0 Å². The van der Waals surface area contributed by atoms with Crippen LogP contribution in [0, 0.1) is 0 Å². The summed E-state index contributed by atoms with van der Waals surface area (Å²) in [6, 6.07) is 0. The molecule has 1 rings (SSSR count). The molecule has 0 aromatic heterocycles. The molecule has 0 N–H and O–H groups in total. The molecule has 1 heterocycles. The summed E-state index contributed by atoms with van der Waals surface area (Å²) in [7, 11) is 0.717. The van der Waals surface area contributed by atoms with Gasteiger partial charge in [-0.15, -0.1) is 0 Å². The van der Waals surface area contributed by atoms with Crippen LogP contribution in [-0.4, -0.2) is 16.8 Å². The molecule has 1 atom stereocenters. The molecule has 1 saturated heterocycles. The highest BCUT2D eigenvalue weighted by molar-refractivity contribution is 7.97. The molecule has 0 spiro atoms. The van der Waals surface area contributed by atoms with Gasteiger partial charge in [0, 0.05) is 6.42 Å². The van der Waals surface area contributed by atoms with Crippen LogP contribution in [0.15, 0.2) is 0 Å². The van der Waals surface area contributed by atoms with Gasteiger partial charge in [0.25, 0.3) is 0 Å². The van der Waals surface area contributed by atoms with Crippen LogP contribution >= 0.6 is 0 Å². The SMILES string of the molecule is C[S+]1CCCC1(C)C. The van der Waals surface area contributed by atoms with Crippen molar-refractivity contribution in [2.45, 2.75) is 31.4 Å². The van der Waals surface area contributed by atoms with Crippen LogP contribution in [0.4, 0.5) is 0 Å². The standard InChI is InChI=1S/C7H15S/c1-7(2)5-4-6-8(7)3/h4-6H2,1-3H3/q+1. The van der Waals surface area contributed by atoms with Crippen LogP contribution in [0.3, 0.4) is 0 Å². The molecular weight excluding hydrogens is 116 g/mol. The second-order valence-corrected chi connectivity index (χ2v) is 5.99. The summed E-state index contributed by atoms with van der Waals surface area (Å²) in [6.45, 7) is 4.78. The minimum Gasteiger partial charge on any atom is -0.0144 e. The van der Waals surface area contributed by atoms with E-state index in [9.17, 15) is 0 Å². The fourth-order valence-corrected chi connectivity index (χ4v) is 2.79.